The second kappa shape index (κ2) is 5.50. The summed E-state index contributed by atoms with van der Waals surface area (Å²) in [6, 6.07) is 4.46. The van der Waals surface area contributed by atoms with E-state index >= 15 is 0 Å². The molecule has 0 aliphatic heterocycles. The number of hydrogen-bond acceptors (Lipinski definition) is 4. The molecule has 2 aromatic rings. The first-order valence-electron chi connectivity index (χ1n) is 4.53. The van der Waals surface area contributed by atoms with E-state index in [-0.39, 0.29) is 44.8 Å². The molecule has 0 fully saturated rings. The Bertz CT molecular complexity index is 533. The maximum Gasteiger partial charge on any atom is 0.236 e. The van der Waals surface area contributed by atoms with Crippen molar-refractivity contribution in [1.29, 1.82) is 0 Å². The van der Waals surface area contributed by atoms with E-state index in [1.807, 2.05) is 6.92 Å². The number of pyridine rings is 1. The van der Waals surface area contributed by atoms with Crippen molar-refractivity contribution in [1.82, 2.24) is 14.8 Å². The largest absolute Gasteiger partial charge is 0.424 e. The summed E-state index contributed by atoms with van der Waals surface area (Å²) in [6.45, 7) is 3.82. The molecule has 0 saturated heterocycles. The van der Waals surface area contributed by atoms with E-state index < -0.39 is 0 Å². The molecule has 0 spiro atoms. The number of aryl methyl sites for hydroxylation is 2. The molecule has 0 aliphatic carbocycles. The predicted molar refractivity (Wildman–Crippen MR) is 52.4 cm³/mol. The minimum absolute atomic E-state index is 0. The summed E-state index contributed by atoms with van der Waals surface area (Å²) in [7, 11) is 0. The fourth-order valence-corrected chi connectivity index (χ4v) is 1.22. The predicted octanol–water partition coefficient (Wildman–Crippen LogP) is 0.694. The van der Waals surface area contributed by atoms with Crippen molar-refractivity contribution >= 4 is 0 Å². The number of rotatable bonds is 2. The molecule has 2 aromatic heterocycles. The van der Waals surface area contributed by atoms with Gasteiger partial charge >= 0.3 is 0 Å². The Labute approximate surface area is 118 Å². The van der Waals surface area contributed by atoms with E-state index in [0.29, 0.717) is 11.8 Å². The van der Waals surface area contributed by atoms with Crippen LogP contribution in [0.15, 0.2) is 21.5 Å². The number of aromatic nitrogens is 3. The van der Waals surface area contributed by atoms with Crippen molar-refractivity contribution in [2.45, 2.75) is 20.4 Å². The summed E-state index contributed by atoms with van der Waals surface area (Å²) < 4.78 is 6.65. The fourth-order valence-electron chi connectivity index (χ4n) is 1.22. The van der Waals surface area contributed by atoms with Crippen LogP contribution in [-0.4, -0.2) is 14.8 Å². The second-order valence-electron chi connectivity index (χ2n) is 3.28. The van der Waals surface area contributed by atoms with E-state index in [1.165, 1.54) is 10.6 Å². The average molecular weight is 293 g/mol. The van der Waals surface area contributed by atoms with Crippen molar-refractivity contribution in [2.24, 2.45) is 0 Å². The van der Waals surface area contributed by atoms with Crippen molar-refractivity contribution in [3.05, 3.63) is 46.0 Å². The third-order valence-electron chi connectivity index (χ3n) is 1.94. The molecular weight excluding hydrogens is 283 g/mol. The van der Waals surface area contributed by atoms with Crippen LogP contribution in [0.1, 0.15) is 17.3 Å². The van der Waals surface area contributed by atoms with Gasteiger partial charge in [0.2, 0.25) is 11.8 Å². The summed E-state index contributed by atoms with van der Waals surface area (Å²) in [5.41, 5.74) is 0.722. The van der Waals surface area contributed by atoms with Crippen LogP contribution < -0.4 is 5.56 Å². The molecule has 0 amide bonds. The van der Waals surface area contributed by atoms with Crippen LogP contribution in [0, 0.1) is 19.9 Å². The topological polar surface area (TPSA) is 60.9 Å². The number of hydrogen-bond donors (Lipinski definition) is 0. The van der Waals surface area contributed by atoms with Gasteiger partial charge in [-0.3, -0.25) is 4.79 Å². The van der Waals surface area contributed by atoms with Crippen LogP contribution in [0.5, 0.6) is 0 Å². The Hall–Kier alpha value is -0.806. The van der Waals surface area contributed by atoms with E-state index in [4.69, 9.17) is 4.42 Å². The van der Waals surface area contributed by atoms with Crippen LogP contribution in [0.25, 0.3) is 0 Å². The molecule has 2 rings (SSSR count). The molecule has 2 heterocycles. The van der Waals surface area contributed by atoms with Gasteiger partial charge in [-0.2, -0.15) is 0 Å². The average Bonchev–Trinajstić information content (AvgIpc) is 2.56. The molecule has 81 valence electrons. The summed E-state index contributed by atoms with van der Waals surface area (Å²) in [5.74, 6) is 0.918. The quantitative estimate of drug-likeness (QED) is 0.765. The van der Waals surface area contributed by atoms with E-state index in [0.717, 1.165) is 5.56 Å². The Morgan fingerprint density at radius 3 is 2.75 bits per heavy atom. The Balaban J connectivity index is 0.00000128. The van der Waals surface area contributed by atoms with Gasteiger partial charge in [-0.25, -0.2) is 11.6 Å². The Kier molecular flexibility index (Phi) is 4.56. The zero-order valence-corrected chi connectivity index (χ0v) is 11.9. The molecule has 16 heavy (non-hydrogen) atoms. The van der Waals surface area contributed by atoms with Gasteiger partial charge in [0.25, 0.3) is 0 Å². The monoisotopic (exact) mass is 293 g/mol. The first-order chi connectivity index (χ1) is 7.15. The third-order valence-corrected chi connectivity index (χ3v) is 1.94. The summed E-state index contributed by atoms with van der Waals surface area (Å²) in [5, 5.41) is 7.50. The van der Waals surface area contributed by atoms with E-state index in [1.54, 1.807) is 13.1 Å². The summed E-state index contributed by atoms with van der Waals surface area (Å²) in [4.78, 5) is 11.5. The fraction of sp³-hybridized carbons (Fsp3) is 0.300. The van der Waals surface area contributed by atoms with Crippen LogP contribution in [-0.2, 0) is 39.3 Å². The smallest absolute Gasteiger partial charge is 0.236 e. The van der Waals surface area contributed by atoms with Gasteiger partial charge < -0.3 is 8.98 Å². The van der Waals surface area contributed by atoms with Crippen LogP contribution in [0.3, 0.4) is 0 Å². The zero-order valence-electron chi connectivity index (χ0n) is 9.10. The minimum Gasteiger partial charge on any atom is -0.424 e. The maximum absolute atomic E-state index is 11.5. The van der Waals surface area contributed by atoms with Gasteiger partial charge in [0, 0.05) is 39.6 Å². The van der Waals surface area contributed by atoms with Gasteiger partial charge in [-0.15, -0.1) is 16.3 Å². The molecule has 0 saturated carbocycles. The van der Waals surface area contributed by atoms with Crippen LogP contribution >= 0.6 is 0 Å². The van der Waals surface area contributed by atoms with Crippen molar-refractivity contribution in [3.63, 3.8) is 0 Å². The molecule has 0 bridgehead atoms. The van der Waals surface area contributed by atoms with E-state index in [2.05, 4.69) is 16.3 Å². The molecule has 5 nitrogen and oxygen atoms in total. The number of nitrogens with zero attached hydrogens (tertiary/aromatic N) is 3. The van der Waals surface area contributed by atoms with Crippen LogP contribution in [0.2, 0.25) is 0 Å². The van der Waals surface area contributed by atoms with Gasteiger partial charge in [0.15, 0.2) is 5.56 Å². The first kappa shape index (κ1) is 13.3. The zero-order chi connectivity index (χ0) is 10.8. The van der Waals surface area contributed by atoms with Gasteiger partial charge in [0.1, 0.15) is 6.54 Å². The molecule has 0 atom stereocenters. The van der Waals surface area contributed by atoms with Crippen molar-refractivity contribution < 1.29 is 37.1 Å². The molecular formula is C10H10N3O2Y-. The van der Waals surface area contributed by atoms with Gasteiger partial charge in [-0.05, 0) is 0 Å². The van der Waals surface area contributed by atoms with Crippen molar-refractivity contribution in [3.8, 4) is 0 Å². The standard InChI is InChI=1S/C10H10N3O2.Y/c1-7-3-4-13(10(14)5-7)6-9-12-11-8(2)15-9;/h4-5H,6H2,1-2H3;/q-1;. The SMILES string of the molecule is Cc1[c-]cn(Cc2nnc(C)o2)c(=O)c1.[Y]. The van der Waals surface area contributed by atoms with Gasteiger partial charge in [0.05, 0.1) is 0 Å². The molecule has 0 unspecified atom stereocenters. The molecule has 0 aliphatic rings. The Morgan fingerprint density at radius 1 is 1.44 bits per heavy atom. The molecule has 1 radical (unpaired) electrons. The van der Waals surface area contributed by atoms with E-state index in [9.17, 15) is 4.79 Å². The van der Waals surface area contributed by atoms with Gasteiger partial charge in [-0.1, -0.05) is 13.1 Å². The van der Waals surface area contributed by atoms with Crippen LogP contribution in [0.4, 0.5) is 0 Å². The second-order valence-corrected chi connectivity index (χ2v) is 3.28. The summed E-state index contributed by atoms with van der Waals surface area (Å²) in [6.07, 6.45) is 1.59. The minimum atomic E-state index is -0.0953. The molecule has 0 N–H and O–H groups in total. The Morgan fingerprint density at radius 2 is 2.19 bits per heavy atom. The first-order valence-corrected chi connectivity index (χ1v) is 4.53. The maximum atomic E-state index is 11.5. The normalized spacial score (nSPS) is 9.88. The summed E-state index contributed by atoms with van der Waals surface area (Å²) >= 11 is 0. The molecule has 6 heteroatoms. The molecule has 0 aromatic carbocycles. The van der Waals surface area contributed by atoms with Crippen molar-refractivity contribution in [2.75, 3.05) is 0 Å². The third kappa shape index (κ3) is 3.09.